The first-order valence-electron chi connectivity index (χ1n) is 7.68. The van der Waals surface area contributed by atoms with E-state index in [2.05, 4.69) is 13.2 Å². The molecule has 0 saturated heterocycles. The normalized spacial score (nSPS) is 12.5. The third-order valence-electron chi connectivity index (χ3n) is 4.23. The number of fused-ring (bicyclic) bond motifs is 2. The number of benzene rings is 2. The first-order valence-corrected chi connectivity index (χ1v) is 8.43. The topological polar surface area (TPSA) is 74.6 Å². The Morgan fingerprint density at radius 3 is 1.42 bits per heavy atom. The van der Waals surface area contributed by atoms with E-state index in [1.165, 1.54) is 24.3 Å². The van der Waals surface area contributed by atoms with Crippen LogP contribution in [-0.2, 0) is 12.8 Å². The summed E-state index contributed by atoms with van der Waals surface area (Å²) in [6.07, 6.45) is 0.327. The van der Waals surface area contributed by atoms with Crippen LogP contribution in [0.25, 0.3) is 0 Å². The van der Waals surface area contributed by atoms with Gasteiger partial charge in [0.25, 0.3) is 0 Å². The molecule has 0 bridgehead atoms. The minimum Gasteiger partial charge on any atom is -0.507 e. The van der Waals surface area contributed by atoms with Crippen molar-refractivity contribution in [3.05, 3.63) is 80.9 Å². The Hall–Kier alpha value is -2.56. The lowest BCUT2D eigenvalue weighted by molar-refractivity contribution is 0.0974. The van der Waals surface area contributed by atoms with E-state index in [9.17, 15) is 19.8 Å². The third kappa shape index (κ3) is 2.91. The van der Waals surface area contributed by atoms with Gasteiger partial charge in [-0.05, 0) is 23.3 Å². The molecule has 0 aliphatic heterocycles. The number of hydrogen-bond donors (Lipinski definition) is 2. The van der Waals surface area contributed by atoms with E-state index in [1.54, 1.807) is 0 Å². The zero-order valence-electron chi connectivity index (χ0n) is 13.6. The standard InChI is InChI=1S/C20H14Cl2O4/c1-9(21)7-11-3-5-13-15(17(11)23)19(25)14-6-4-12(8-10(2)22)18(24)16(14)20(13)26/h3-6,23-24H,1-2,7-8H2. The van der Waals surface area contributed by atoms with Crippen molar-refractivity contribution in [1.29, 1.82) is 0 Å². The van der Waals surface area contributed by atoms with Crippen molar-refractivity contribution in [2.75, 3.05) is 0 Å². The second-order valence-corrected chi connectivity index (χ2v) is 7.11. The van der Waals surface area contributed by atoms with Crippen LogP contribution < -0.4 is 0 Å². The highest BCUT2D eigenvalue weighted by molar-refractivity contribution is 6.31. The van der Waals surface area contributed by atoms with Gasteiger partial charge in [0.2, 0.25) is 0 Å². The molecule has 1 aliphatic carbocycles. The number of phenols is 2. The van der Waals surface area contributed by atoms with Gasteiger partial charge in [-0.1, -0.05) is 48.5 Å². The van der Waals surface area contributed by atoms with E-state index >= 15 is 0 Å². The van der Waals surface area contributed by atoms with Gasteiger partial charge >= 0.3 is 0 Å². The fourth-order valence-electron chi connectivity index (χ4n) is 3.07. The van der Waals surface area contributed by atoms with Gasteiger partial charge in [0.05, 0.1) is 11.1 Å². The highest BCUT2D eigenvalue weighted by atomic mass is 35.5. The Kier molecular flexibility index (Phi) is 4.65. The maximum absolute atomic E-state index is 12.9. The van der Waals surface area contributed by atoms with Crippen molar-refractivity contribution in [2.45, 2.75) is 12.8 Å². The molecular weight excluding hydrogens is 375 g/mol. The Labute approximate surface area is 160 Å². The average Bonchev–Trinajstić information content (AvgIpc) is 2.55. The highest BCUT2D eigenvalue weighted by Crippen LogP contribution is 2.40. The number of aromatic hydroxyl groups is 2. The van der Waals surface area contributed by atoms with Crippen LogP contribution in [0.15, 0.2) is 47.5 Å². The molecule has 0 saturated carbocycles. The second-order valence-electron chi connectivity index (χ2n) is 6.04. The minimum atomic E-state index is -0.541. The molecule has 0 heterocycles. The summed E-state index contributed by atoms with van der Waals surface area (Å²) in [5.41, 5.74) is 0.668. The lowest BCUT2D eigenvalue weighted by Gasteiger charge is -2.21. The second kappa shape index (κ2) is 6.63. The van der Waals surface area contributed by atoms with Crippen LogP contribution in [0.1, 0.15) is 43.0 Å². The van der Waals surface area contributed by atoms with Crippen LogP contribution in [0.4, 0.5) is 0 Å². The number of hydrogen-bond acceptors (Lipinski definition) is 4. The number of allylic oxidation sites excluding steroid dienone is 2. The summed E-state index contributed by atoms with van der Waals surface area (Å²) in [5, 5.41) is 21.5. The molecule has 2 N–H and O–H groups in total. The zero-order valence-corrected chi connectivity index (χ0v) is 15.1. The molecule has 0 aromatic heterocycles. The fourth-order valence-corrected chi connectivity index (χ4v) is 3.36. The minimum absolute atomic E-state index is 0.0288. The molecule has 0 atom stereocenters. The predicted octanol–water partition coefficient (Wildman–Crippen LogP) is 4.46. The number of rotatable bonds is 4. The van der Waals surface area contributed by atoms with Crippen molar-refractivity contribution in [2.24, 2.45) is 0 Å². The molecule has 4 nitrogen and oxygen atoms in total. The molecule has 3 rings (SSSR count). The number of halogens is 2. The van der Waals surface area contributed by atoms with Crippen LogP contribution in [0.5, 0.6) is 11.5 Å². The molecule has 2 aromatic carbocycles. The van der Waals surface area contributed by atoms with E-state index in [1.807, 2.05) is 0 Å². The molecule has 132 valence electrons. The molecule has 0 unspecified atom stereocenters. The molecule has 1 aliphatic rings. The number of phenolic OH excluding ortho intramolecular Hbond substituents is 2. The van der Waals surface area contributed by atoms with Gasteiger partial charge in [-0.2, -0.15) is 0 Å². The molecule has 0 fully saturated rings. The maximum Gasteiger partial charge on any atom is 0.198 e. The van der Waals surface area contributed by atoms with E-state index in [0.29, 0.717) is 21.2 Å². The summed E-state index contributed by atoms with van der Waals surface area (Å²) in [7, 11) is 0. The molecule has 26 heavy (non-hydrogen) atoms. The lowest BCUT2D eigenvalue weighted by atomic mass is 9.81. The van der Waals surface area contributed by atoms with Gasteiger partial charge in [0.1, 0.15) is 11.5 Å². The number of carbonyl (C=O) groups excluding carboxylic acids is 2. The van der Waals surface area contributed by atoms with E-state index in [-0.39, 0.29) is 46.6 Å². The van der Waals surface area contributed by atoms with Gasteiger partial charge in [-0.3, -0.25) is 9.59 Å². The van der Waals surface area contributed by atoms with Crippen molar-refractivity contribution in [3.63, 3.8) is 0 Å². The van der Waals surface area contributed by atoms with Crippen LogP contribution in [0.3, 0.4) is 0 Å². The first kappa shape index (κ1) is 18.2. The molecular formula is C20H14Cl2O4. The van der Waals surface area contributed by atoms with E-state index in [4.69, 9.17) is 23.2 Å². The molecule has 6 heteroatoms. The summed E-state index contributed by atoms with van der Waals surface area (Å²) in [5.74, 6) is -1.68. The average molecular weight is 389 g/mol. The van der Waals surface area contributed by atoms with Gasteiger partial charge in [0, 0.05) is 34.0 Å². The Bertz CT molecular complexity index is 924. The number of ketones is 2. The summed E-state index contributed by atoms with van der Waals surface area (Å²) in [6.45, 7) is 7.14. The summed E-state index contributed by atoms with van der Waals surface area (Å²) in [6, 6.07) is 5.92. The van der Waals surface area contributed by atoms with Crippen LogP contribution in [-0.4, -0.2) is 21.8 Å². The largest absolute Gasteiger partial charge is 0.507 e. The van der Waals surface area contributed by atoms with Gasteiger partial charge in [-0.25, -0.2) is 0 Å². The van der Waals surface area contributed by atoms with E-state index in [0.717, 1.165) is 0 Å². The SMILES string of the molecule is C=C(Cl)Cc1ccc2c(c1O)C(=O)c1ccc(CC(=C)Cl)c(O)c1C2=O. The highest BCUT2D eigenvalue weighted by Gasteiger charge is 2.35. The molecule has 0 spiro atoms. The van der Waals surface area contributed by atoms with E-state index < -0.39 is 11.6 Å². The smallest absolute Gasteiger partial charge is 0.198 e. The van der Waals surface area contributed by atoms with Crippen molar-refractivity contribution < 1.29 is 19.8 Å². The lowest BCUT2D eigenvalue weighted by Crippen LogP contribution is -2.22. The van der Waals surface area contributed by atoms with Crippen LogP contribution >= 0.6 is 23.2 Å². The maximum atomic E-state index is 12.9. The fraction of sp³-hybridized carbons (Fsp3) is 0.100. The monoisotopic (exact) mass is 388 g/mol. The molecule has 0 radical (unpaired) electrons. The van der Waals surface area contributed by atoms with Gasteiger partial charge in [-0.15, -0.1) is 0 Å². The first-order chi connectivity index (χ1) is 12.2. The van der Waals surface area contributed by atoms with Crippen molar-refractivity contribution in [1.82, 2.24) is 0 Å². The summed E-state index contributed by atoms with van der Waals surface area (Å²) in [4.78, 5) is 25.8. The Morgan fingerprint density at radius 2 is 1.12 bits per heavy atom. The van der Waals surface area contributed by atoms with Gasteiger partial charge in [0.15, 0.2) is 11.6 Å². The number of carbonyl (C=O) groups is 2. The Morgan fingerprint density at radius 1 is 0.769 bits per heavy atom. The molecule has 2 aromatic rings. The third-order valence-corrected chi connectivity index (χ3v) is 4.50. The Balaban J connectivity index is 2.20. The van der Waals surface area contributed by atoms with Crippen LogP contribution in [0, 0.1) is 0 Å². The molecule has 0 amide bonds. The quantitative estimate of drug-likeness (QED) is 0.691. The van der Waals surface area contributed by atoms with Crippen LogP contribution in [0.2, 0.25) is 0 Å². The predicted molar refractivity (Wildman–Crippen MR) is 100 cm³/mol. The summed E-state index contributed by atoms with van der Waals surface area (Å²) >= 11 is 11.6. The zero-order chi connectivity index (χ0) is 19.2. The van der Waals surface area contributed by atoms with Crippen molar-refractivity contribution in [3.8, 4) is 11.5 Å². The van der Waals surface area contributed by atoms with Crippen molar-refractivity contribution >= 4 is 34.8 Å². The van der Waals surface area contributed by atoms with Gasteiger partial charge < -0.3 is 10.2 Å². The summed E-state index contributed by atoms with van der Waals surface area (Å²) < 4.78 is 0.